The number of carboxylic acids is 2. The van der Waals surface area contributed by atoms with Crippen LogP contribution < -0.4 is 10.9 Å². The molecule has 0 spiro atoms. The summed E-state index contributed by atoms with van der Waals surface area (Å²) in [6, 6.07) is 20.0. The fourth-order valence-electron chi connectivity index (χ4n) is 1.46. The fourth-order valence-corrected chi connectivity index (χ4v) is 1.46. The Morgan fingerprint density at radius 2 is 0.958 bits per heavy atom. The lowest BCUT2D eigenvalue weighted by atomic mass is 10.2. The van der Waals surface area contributed by atoms with E-state index in [1.165, 1.54) is 0 Å². The first-order valence-corrected chi connectivity index (χ1v) is 6.85. The van der Waals surface area contributed by atoms with Gasteiger partial charge in [0.2, 0.25) is 0 Å². The van der Waals surface area contributed by atoms with E-state index in [-0.39, 0.29) is 0 Å². The minimum Gasteiger partial charge on any atom is -0.479 e. The largest absolute Gasteiger partial charge is 0.479 e. The zero-order chi connectivity index (χ0) is 17.9. The number of para-hydroxylation sites is 2. The van der Waals surface area contributed by atoms with Gasteiger partial charge in [-0.3, -0.25) is 0 Å². The Morgan fingerprint density at radius 3 is 1.21 bits per heavy atom. The maximum atomic E-state index is 9.77. The molecule has 0 saturated carbocycles. The minimum atomic E-state index is -2.27. The zero-order valence-corrected chi connectivity index (χ0v) is 12.5. The number of aliphatic carboxylic acids is 2. The van der Waals surface area contributed by atoms with Gasteiger partial charge in [0, 0.05) is 0 Å². The van der Waals surface area contributed by atoms with Gasteiger partial charge in [0.05, 0.1) is 11.4 Å². The van der Waals surface area contributed by atoms with Gasteiger partial charge >= 0.3 is 11.9 Å². The number of hydrogen-bond donors (Lipinski definition) is 6. The molecule has 0 aliphatic rings. The molecule has 0 heterocycles. The van der Waals surface area contributed by atoms with E-state index < -0.39 is 24.1 Å². The van der Waals surface area contributed by atoms with Crippen LogP contribution in [-0.4, -0.2) is 44.6 Å². The average molecular weight is 334 g/mol. The molecular weight excluding hydrogens is 316 g/mol. The summed E-state index contributed by atoms with van der Waals surface area (Å²) in [7, 11) is 0. The number of hydrazine groups is 1. The lowest BCUT2D eigenvalue weighted by molar-refractivity contribution is -0.165. The third-order valence-corrected chi connectivity index (χ3v) is 2.70. The van der Waals surface area contributed by atoms with Crippen LogP contribution in [0.4, 0.5) is 11.4 Å². The Balaban J connectivity index is 0.000000257. The zero-order valence-electron chi connectivity index (χ0n) is 12.5. The van der Waals surface area contributed by atoms with E-state index >= 15 is 0 Å². The minimum absolute atomic E-state index is 1.05. The molecule has 0 aliphatic carbocycles. The summed E-state index contributed by atoms with van der Waals surface area (Å²) in [5.41, 5.74) is 8.33. The molecule has 0 radical (unpaired) electrons. The summed E-state index contributed by atoms with van der Waals surface area (Å²) >= 11 is 0. The fraction of sp³-hybridized carbons (Fsp3) is 0.125. The summed E-state index contributed by atoms with van der Waals surface area (Å²) in [6.45, 7) is 0. The molecule has 0 saturated heterocycles. The van der Waals surface area contributed by atoms with Crippen LogP contribution in [0.25, 0.3) is 0 Å². The Labute approximate surface area is 138 Å². The number of aliphatic hydroxyl groups excluding tert-OH is 2. The van der Waals surface area contributed by atoms with Gasteiger partial charge in [-0.2, -0.15) is 0 Å². The highest BCUT2D eigenvalue weighted by atomic mass is 16.4. The van der Waals surface area contributed by atoms with Crippen LogP contribution >= 0.6 is 0 Å². The van der Waals surface area contributed by atoms with Gasteiger partial charge < -0.3 is 31.3 Å². The van der Waals surface area contributed by atoms with Crippen molar-refractivity contribution in [1.29, 1.82) is 0 Å². The first-order chi connectivity index (χ1) is 11.4. The normalized spacial score (nSPS) is 12.1. The summed E-state index contributed by atoms with van der Waals surface area (Å²) in [5.74, 6) is -3.54. The predicted octanol–water partition coefficient (Wildman–Crippen LogP) is 1.00. The second kappa shape index (κ2) is 9.82. The highest BCUT2D eigenvalue weighted by Gasteiger charge is 2.29. The number of hydrogen-bond acceptors (Lipinski definition) is 6. The molecule has 2 aromatic rings. The van der Waals surface area contributed by atoms with E-state index in [2.05, 4.69) is 10.9 Å². The van der Waals surface area contributed by atoms with Crippen molar-refractivity contribution in [2.75, 3.05) is 10.9 Å². The van der Waals surface area contributed by atoms with E-state index in [1.807, 2.05) is 60.7 Å². The number of aliphatic hydroxyl groups is 2. The molecular formula is C16H18N2O6. The average Bonchev–Trinajstić information content (AvgIpc) is 2.61. The summed E-state index contributed by atoms with van der Waals surface area (Å²) in [5, 5.41) is 32.5. The Hall–Kier alpha value is -3.10. The van der Waals surface area contributed by atoms with Gasteiger partial charge in [-0.1, -0.05) is 36.4 Å². The summed E-state index contributed by atoms with van der Waals surface area (Å²) in [4.78, 5) is 19.5. The lowest BCUT2D eigenvalue weighted by Gasteiger charge is -2.08. The van der Waals surface area contributed by atoms with Crippen LogP contribution in [-0.2, 0) is 9.59 Å². The Bertz CT molecular complexity index is 578. The Morgan fingerprint density at radius 1 is 0.667 bits per heavy atom. The number of rotatable bonds is 6. The molecule has 0 aliphatic heterocycles. The summed E-state index contributed by atoms with van der Waals surface area (Å²) < 4.78 is 0. The second-order valence-electron chi connectivity index (χ2n) is 4.55. The van der Waals surface area contributed by atoms with Crippen LogP contribution in [0, 0.1) is 0 Å². The first-order valence-electron chi connectivity index (χ1n) is 6.85. The molecule has 0 aromatic heterocycles. The van der Waals surface area contributed by atoms with Crippen LogP contribution in [0.3, 0.4) is 0 Å². The van der Waals surface area contributed by atoms with Crippen LogP contribution in [0.5, 0.6) is 0 Å². The maximum absolute atomic E-state index is 9.77. The molecule has 24 heavy (non-hydrogen) atoms. The van der Waals surface area contributed by atoms with Crippen molar-refractivity contribution in [2.45, 2.75) is 12.2 Å². The lowest BCUT2D eigenvalue weighted by Crippen LogP contribution is -2.39. The monoisotopic (exact) mass is 334 g/mol. The van der Waals surface area contributed by atoms with Gasteiger partial charge in [0.25, 0.3) is 0 Å². The van der Waals surface area contributed by atoms with Gasteiger partial charge in [-0.15, -0.1) is 0 Å². The van der Waals surface area contributed by atoms with Crippen LogP contribution in [0.1, 0.15) is 0 Å². The third-order valence-electron chi connectivity index (χ3n) is 2.70. The SMILES string of the molecule is O=C(O)C(O)C(O)C(=O)O.c1ccc(NNc2ccccc2)cc1. The predicted molar refractivity (Wildman–Crippen MR) is 87.4 cm³/mol. The standard InChI is InChI=1S/C12H12N2.C4H6O6/c1-3-7-11(8-4-1)13-14-12-9-5-2-6-10-12;5-1(3(7)8)2(6)4(9)10/h1-10,13-14H;1-2,5-6H,(H,7,8)(H,9,10). The maximum Gasteiger partial charge on any atom is 0.335 e. The van der Waals surface area contributed by atoms with E-state index in [0.717, 1.165) is 11.4 Å². The number of carbonyl (C=O) groups is 2. The van der Waals surface area contributed by atoms with Crippen molar-refractivity contribution in [1.82, 2.24) is 0 Å². The topological polar surface area (TPSA) is 139 Å². The Kier molecular flexibility index (Phi) is 7.76. The molecule has 0 amide bonds. The van der Waals surface area contributed by atoms with Crippen molar-refractivity contribution in [3.05, 3.63) is 60.7 Å². The van der Waals surface area contributed by atoms with Crippen molar-refractivity contribution in [3.8, 4) is 0 Å². The number of nitrogens with one attached hydrogen (secondary N) is 2. The highest BCUT2D eigenvalue weighted by Crippen LogP contribution is 2.08. The van der Waals surface area contributed by atoms with Gasteiger partial charge in [-0.25, -0.2) is 9.59 Å². The van der Waals surface area contributed by atoms with Gasteiger partial charge in [0.15, 0.2) is 12.2 Å². The molecule has 2 rings (SSSR count). The van der Waals surface area contributed by atoms with E-state index in [0.29, 0.717) is 0 Å². The van der Waals surface area contributed by atoms with E-state index in [4.69, 9.17) is 20.4 Å². The number of anilines is 2. The van der Waals surface area contributed by atoms with Crippen molar-refractivity contribution in [3.63, 3.8) is 0 Å². The molecule has 2 aromatic carbocycles. The highest BCUT2D eigenvalue weighted by molar-refractivity contribution is 5.83. The van der Waals surface area contributed by atoms with Crippen molar-refractivity contribution in [2.24, 2.45) is 0 Å². The van der Waals surface area contributed by atoms with E-state index in [1.54, 1.807) is 0 Å². The van der Waals surface area contributed by atoms with Crippen molar-refractivity contribution < 1.29 is 30.0 Å². The molecule has 8 heteroatoms. The van der Waals surface area contributed by atoms with Crippen LogP contribution in [0.15, 0.2) is 60.7 Å². The third kappa shape index (κ3) is 6.77. The van der Waals surface area contributed by atoms with Gasteiger partial charge in [-0.05, 0) is 24.3 Å². The number of benzene rings is 2. The molecule has 0 bridgehead atoms. The van der Waals surface area contributed by atoms with Crippen molar-refractivity contribution >= 4 is 23.3 Å². The van der Waals surface area contributed by atoms with E-state index in [9.17, 15) is 9.59 Å². The quantitative estimate of drug-likeness (QED) is 0.430. The molecule has 2 atom stereocenters. The smallest absolute Gasteiger partial charge is 0.335 e. The molecule has 2 unspecified atom stereocenters. The second-order valence-corrected chi connectivity index (χ2v) is 4.55. The first kappa shape index (κ1) is 18.9. The number of carboxylic acid groups (broad SMARTS) is 2. The molecule has 6 N–H and O–H groups in total. The molecule has 8 nitrogen and oxygen atoms in total. The van der Waals surface area contributed by atoms with Crippen LogP contribution in [0.2, 0.25) is 0 Å². The van der Waals surface area contributed by atoms with Gasteiger partial charge in [0.1, 0.15) is 0 Å². The summed E-state index contributed by atoms with van der Waals surface area (Å²) in [6.07, 6.45) is -4.53. The molecule has 128 valence electrons. The molecule has 0 fully saturated rings.